The van der Waals surface area contributed by atoms with Gasteiger partial charge in [-0.1, -0.05) is 6.92 Å². The van der Waals surface area contributed by atoms with E-state index in [1.54, 1.807) is 6.92 Å². The minimum atomic E-state index is -3.75. The van der Waals surface area contributed by atoms with Crippen LogP contribution in [0.3, 0.4) is 0 Å². The first-order chi connectivity index (χ1) is 6.41. The van der Waals surface area contributed by atoms with Gasteiger partial charge in [0.15, 0.2) is 0 Å². The highest BCUT2D eigenvalue weighted by atomic mass is 32.2. The highest BCUT2D eigenvalue weighted by Gasteiger charge is 2.10. The van der Waals surface area contributed by atoms with Crippen molar-refractivity contribution in [2.45, 2.75) is 13.8 Å². The van der Waals surface area contributed by atoms with Crippen LogP contribution in [0.25, 0.3) is 0 Å². The summed E-state index contributed by atoms with van der Waals surface area (Å²) in [5, 5.41) is 0.795. The van der Waals surface area contributed by atoms with Crippen molar-refractivity contribution in [3.8, 4) is 0 Å². The molecule has 14 heavy (non-hydrogen) atoms. The lowest BCUT2D eigenvalue weighted by Crippen LogP contribution is -2.18. The van der Waals surface area contributed by atoms with Crippen molar-refractivity contribution in [1.29, 1.82) is 0 Å². The van der Waals surface area contributed by atoms with Crippen LogP contribution in [-0.2, 0) is 19.1 Å². The van der Waals surface area contributed by atoms with Gasteiger partial charge in [0, 0.05) is 5.57 Å². The standard InChI is InChI=1S/C8H15NO4S/c1-7(3-9)5-13-14(11,12)6-8(2)4-10/h4,6-7H,3,5,9H2,1-2H3. The molecule has 0 spiro atoms. The predicted octanol–water partition coefficient (Wildman–Crippen LogP) is 0.0303. The van der Waals surface area contributed by atoms with E-state index in [1.165, 1.54) is 6.92 Å². The second-order valence-electron chi connectivity index (χ2n) is 3.10. The Kier molecular flexibility index (Phi) is 5.59. The maximum atomic E-state index is 11.1. The summed E-state index contributed by atoms with van der Waals surface area (Å²) < 4.78 is 26.9. The van der Waals surface area contributed by atoms with E-state index in [4.69, 9.17) is 5.73 Å². The molecule has 0 saturated carbocycles. The van der Waals surface area contributed by atoms with Gasteiger partial charge in [-0.2, -0.15) is 8.42 Å². The summed E-state index contributed by atoms with van der Waals surface area (Å²) in [5.41, 5.74) is 5.38. The average molecular weight is 221 g/mol. The van der Waals surface area contributed by atoms with Crippen molar-refractivity contribution in [2.24, 2.45) is 11.7 Å². The summed E-state index contributed by atoms with van der Waals surface area (Å²) >= 11 is 0. The van der Waals surface area contributed by atoms with Crippen molar-refractivity contribution >= 4 is 16.4 Å². The van der Waals surface area contributed by atoms with E-state index in [0.717, 1.165) is 5.41 Å². The quantitative estimate of drug-likeness (QED) is 0.388. The van der Waals surface area contributed by atoms with Crippen LogP contribution < -0.4 is 5.73 Å². The third-order valence-corrected chi connectivity index (χ3v) is 2.56. The molecule has 0 aromatic carbocycles. The maximum Gasteiger partial charge on any atom is 0.290 e. The van der Waals surface area contributed by atoms with Gasteiger partial charge < -0.3 is 5.73 Å². The highest BCUT2D eigenvalue weighted by Crippen LogP contribution is 2.03. The van der Waals surface area contributed by atoms with Crippen LogP contribution >= 0.6 is 0 Å². The Balaban J connectivity index is 4.30. The molecule has 0 amide bonds. The summed E-state index contributed by atoms with van der Waals surface area (Å²) in [6.45, 7) is 3.54. The zero-order valence-corrected chi connectivity index (χ0v) is 9.08. The number of aldehydes is 1. The zero-order chi connectivity index (χ0) is 11.2. The first-order valence-electron chi connectivity index (χ1n) is 4.14. The SMILES string of the molecule is CC(C=O)=CS(=O)(=O)OCC(C)CN. The average Bonchev–Trinajstić information content (AvgIpc) is 2.13. The molecule has 0 aliphatic rings. The van der Waals surface area contributed by atoms with Crippen LogP contribution in [0, 0.1) is 5.92 Å². The van der Waals surface area contributed by atoms with Gasteiger partial charge >= 0.3 is 0 Å². The number of rotatable bonds is 6. The molecule has 0 aromatic heterocycles. The third-order valence-electron chi connectivity index (χ3n) is 1.44. The monoisotopic (exact) mass is 221 g/mol. The minimum Gasteiger partial charge on any atom is -0.330 e. The molecule has 0 bridgehead atoms. The van der Waals surface area contributed by atoms with Gasteiger partial charge in [-0.3, -0.25) is 8.98 Å². The highest BCUT2D eigenvalue weighted by molar-refractivity contribution is 7.89. The second-order valence-corrected chi connectivity index (χ2v) is 4.55. The number of carbonyl (C=O) groups excluding carboxylic acids is 1. The minimum absolute atomic E-state index is 0.0292. The summed E-state index contributed by atoms with van der Waals surface area (Å²) in [6.07, 6.45) is 0.452. The zero-order valence-electron chi connectivity index (χ0n) is 8.26. The molecule has 0 saturated heterocycles. The number of nitrogens with two attached hydrogens (primary N) is 1. The molecule has 0 aromatic rings. The molecule has 0 fully saturated rings. The second kappa shape index (κ2) is 5.90. The van der Waals surface area contributed by atoms with Crippen LogP contribution in [-0.4, -0.2) is 27.9 Å². The Morgan fingerprint density at radius 1 is 1.57 bits per heavy atom. The van der Waals surface area contributed by atoms with Gasteiger partial charge in [-0.05, 0) is 19.4 Å². The molecule has 1 unspecified atom stereocenters. The number of carbonyl (C=O) groups is 1. The van der Waals surface area contributed by atoms with E-state index in [1.807, 2.05) is 0 Å². The molecule has 0 heterocycles. The normalized spacial score (nSPS) is 15.2. The lowest BCUT2D eigenvalue weighted by molar-refractivity contribution is -0.104. The van der Waals surface area contributed by atoms with Crippen LogP contribution in [0.5, 0.6) is 0 Å². The van der Waals surface area contributed by atoms with E-state index in [0.29, 0.717) is 12.8 Å². The Morgan fingerprint density at radius 3 is 2.57 bits per heavy atom. The van der Waals surface area contributed by atoms with E-state index in [9.17, 15) is 13.2 Å². The maximum absolute atomic E-state index is 11.1. The summed E-state index contributed by atoms with van der Waals surface area (Å²) in [6, 6.07) is 0. The van der Waals surface area contributed by atoms with Crippen molar-refractivity contribution in [2.75, 3.05) is 13.2 Å². The Bertz CT molecular complexity index is 307. The molecule has 6 heteroatoms. The van der Waals surface area contributed by atoms with Gasteiger partial charge in [0.25, 0.3) is 10.1 Å². The Hall–Kier alpha value is -0.720. The first-order valence-corrected chi connectivity index (χ1v) is 5.61. The fraction of sp³-hybridized carbons (Fsp3) is 0.625. The van der Waals surface area contributed by atoms with Crippen molar-refractivity contribution in [3.05, 3.63) is 11.0 Å². The molecule has 1 atom stereocenters. The number of hydrogen-bond acceptors (Lipinski definition) is 5. The lowest BCUT2D eigenvalue weighted by atomic mass is 10.2. The van der Waals surface area contributed by atoms with E-state index in [-0.39, 0.29) is 18.1 Å². The van der Waals surface area contributed by atoms with Crippen LogP contribution in [0.2, 0.25) is 0 Å². The first kappa shape index (κ1) is 13.3. The van der Waals surface area contributed by atoms with Gasteiger partial charge in [0.1, 0.15) is 6.29 Å². The van der Waals surface area contributed by atoms with Gasteiger partial charge in [-0.15, -0.1) is 0 Å². The predicted molar refractivity (Wildman–Crippen MR) is 52.9 cm³/mol. The van der Waals surface area contributed by atoms with Crippen molar-refractivity contribution in [3.63, 3.8) is 0 Å². The number of allylic oxidation sites excluding steroid dienone is 1. The molecule has 0 aliphatic heterocycles. The van der Waals surface area contributed by atoms with Crippen LogP contribution in [0.1, 0.15) is 13.8 Å². The summed E-state index contributed by atoms with van der Waals surface area (Å²) in [7, 11) is -3.75. The Labute approximate surface area is 84.1 Å². The van der Waals surface area contributed by atoms with E-state index in [2.05, 4.69) is 4.18 Å². The fourth-order valence-electron chi connectivity index (χ4n) is 0.569. The molecule has 82 valence electrons. The van der Waals surface area contributed by atoms with Crippen LogP contribution in [0.15, 0.2) is 11.0 Å². The third kappa shape index (κ3) is 5.85. The van der Waals surface area contributed by atoms with Crippen molar-refractivity contribution in [1.82, 2.24) is 0 Å². The largest absolute Gasteiger partial charge is 0.330 e. The summed E-state index contributed by atoms with van der Waals surface area (Å²) in [5.74, 6) is -0.0327. The molecule has 2 N–H and O–H groups in total. The van der Waals surface area contributed by atoms with Crippen LogP contribution in [0.4, 0.5) is 0 Å². The van der Waals surface area contributed by atoms with Crippen molar-refractivity contribution < 1.29 is 17.4 Å². The smallest absolute Gasteiger partial charge is 0.290 e. The number of hydrogen-bond donors (Lipinski definition) is 1. The summed E-state index contributed by atoms with van der Waals surface area (Å²) in [4.78, 5) is 10.2. The van der Waals surface area contributed by atoms with Gasteiger partial charge in [0.05, 0.1) is 12.0 Å². The van der Waals surface area contributed by atoms with Gasteiger partial charge in [-0.25, -0.2) is 0 Å². The lowest BCUT2D eigenvalue weighted by Gasteiger charge is -2.07. The van der Waals surface area contributed by atoms with E-state index < -0.39 is 10.1 Å². The fourth-order valence-corrected chi connectivity index (χ4v) is 1.57. The molecule has 0 aliphatic carbocycles. The van der Waals surface area contributed by atoms with Gasteiger partial charge in [0.2, 0.25) is 0 Å². The molecule has 0 radical (unpaired) electrons. The topological polar surface area (TPSA) is 86.5 Å². The molecule has 0 rings (SSSR count). The van der Waals surface area contributed by atoms with E-state index >= 15 is 0 Å². The molecule has 5 nitrogen and oxygen atoms in total. The molecular weight excluding hydrogens is 206 g/mol. The Morgan fingerprint density at radius 2 is 2.14 bits per heavy atom. The molecular formula is C8H15NO4S.